The van der Waals surface area contributed by atoms with Crippen LogP contribution in [-0.4, -0.2) is 60.7 Å². The van der Waals surface area contributed by atoms with E-state index >= 15 is 0 Å². The van der Waals surface area contributed by atoms with Gasteiger partial charge in [0.2, 0.25) is 12.9 Å². The van der Waals surface area contributed by atoms with Crippen LogP contribution in [0.5, 0.6) is 5.75 Å². The van der Waals surface area contributed by atoms with Gasteiger partial charge in [-0.2, -0.15) is 13.2 Å². The van der Waals surface area contributed by atoms with Crippen LogP contribution in [0.3, 0.4) is 0 Å². The SMILES string of the molecule is O=C(OCOC(=O)C1=Cc2cc(S(F)(F)(F)(F)F)ccc2OC1C(F)(F)F)OC(CO[N+](=O)[O-])CO[N+](=O)[O-]. The zero-order chi connectivity index (χ0) is 29.9. The highest BCUT2D eigenvalue weighted by atomic mass is 32.5. The Morgan fingerprint density at radius 3 is 2.05 bits per heavy atom. The van der Waals surface area contributed by atoms with Crippen molar-refractivity contribution in [1.29, 1.82) is 0 Å². The summed E-state index contributed by atoms with van der Waals surface area (Å²) in [5, 5.41) is 17.6. The highest BCUT2D eigenvalue weighted by Gasteiger charge is 2.65. The Bertz CT molecular complexity index is 1170. The molecule has 0 N–H and O–H groups in total. The molecule has 0 radical (unpaired) electrons. The highest BCUT2D eigenvalue weighted by molar-refractivity contribution is 8.45. The third kappa shape index (κ3) is 9.19. The van der Waals surface area contributed by atoms with Gasteiger partial charge in [-0.1, -0.05) is 19.4 Å². The number of hydrogen-bond donors (Lipinski definition) is 0. The quantitative estimate of drug-likeness (QED) is 0.113. The Labute approximate surface area is 208 Å². The summed E-state index contributed by atoms with van der Waals surface area (Å²) in [7, 11) is -10.3. The van der Waals surface area contributed by atoms with Gasteiger partial charge in [-0.05, 0) is 24.3 Å². The van der Waals surface area contributed by atoms with Crippen LogP contribution in [-0.2, 0) is 28.7 Å². The van der Waals surface area contributed by atoms with E-state index < -0.39 is 92.7 Å². The lowest BCUT2D eigenvalue weighted by molar-refractivity contribution is -0.768. The molecule has 14 nitrogen and oxygen atoms in total. The Balaban J connectivity index is 2.16. The lowest BCUT2D eigenvalue weighted by Gasteiger charge is -2.41. The van der Waals surface area contributed by atoms with E-state index in [1.165, 1.54) is 0 Å². The van der Waals surface area contributed by atoms with Crippen molar-refractivity contribution in [3.8, 4) is 5.75 Å². The zero-order valence-corrected chi connectivity index (χ0v) is 19.1. The van der Waals surface area contributed by atoms with Crippen LogP contribution in [0, 0.1) is 20.2 Å². The van der Waals surface area contributed by atoms with Gasteiger partial charge in [-0.3, -0.25) is 0 Å². The number of carbonyl (C=O) groups is 2. The second-order valence-electron chi connectivity index (χ2n) is 7.03. The fourth-order valence-corrected chi connectivity index (χ4v) is 3.29. The molecule has 0 fully saturated rings. The molecule has 0 amide bonds. The number of ether oxygens (including phenoxy) is 4. The molecule has 23 heteroatoms. The predicted octanol–water partition coefficient (Wildman–Crippen LogP) is 4.49. The molecule has 2 rings (SSSR count). The smallest absolute Gasteiger partial charge is 0.475 e. The molecule has 1 aliphatic rings. The molecule has 0 saturated carbocycles. The van der Waals surface area contributed by atoms with E-state index in [2.05, 4.69) is 28.6 Å². The van der Waals surface area contributed by atoms with Crippen molar-refractivity contribution in [3.63, 3.8) is 0 Å². The average Bonchev–Trinajstić information content (AvgIpc) is 2.77. The van der Waals surface area contributed by atoms with Gasteiger partial charge < -0.3 is 28.6 Å². The van der Waals surface area contributed by atoms with E-state index in [1.54, 1.807) is 0 Å². The number of nitrogens with zero attached hydrogens (tertiary/aromatic N) is 2. The Morgan fingerprint density at radius 2 is 1.56 bits per heavy atom. The molecule has 0 aliphatic carbocycles. The maximum absolute atomic E-state index is 13.4. The predicted molar refractivity (Wildman–Crippen MR) is 104 cm³/mol. The fourth-order valence-electron chi connectivity index (χ4n) is 2.62. The summed E-state index contributed by atoms with van der Waals surface area (Å²) >= 11 is 0. The minimum absolute atomic E-state index is 0.143. The second kappa shape index (κ2) is 10.1. The van der Waals surface area contributed by atoms with Crippen LogP contribution in [0.25, 0.3) is 6.08 Å². The minimum atomic E-state index is -10.3. The van der Waals surface area contributed by atoms with Crippen LogP contribution >= 0.6 is 10.2 Å². The van der Waals surface area contributed by atoms with E-state index in [0.29, 0.717) is 0 Å². The van der Waals surface area contributed by atoms with Crippen molar-refractivity contribution in [2.45, 2.75) is 23.3 Å². The largest absolute Gasteiger partial charge is 0.511 e. The minimum Gasteiger partial charge on any atom is -0.475 e. The summed E-state index contributed by atoms with van der Waals surface area (Å²) in [5.74, 6) is -2.92. The van der Waals surface area contributed by atoms with E-state index in [1.807, 2.05) is 0 Å². The number of rotatable bonds is 11. The molecule has 1 heterocycles. The van der Waals surface area contributed by atoms with Crippen molar-refractivity contribution >= 4 is 28.4 Å². The maximum Gasteiger partial charge on any atom is 0.511 e. The summed E-state index contributed by atoms with van der Waals surface area (Å²) in [6, 6.07) is -0.253. The molecule has 0 aromatic heterocycles. The van der Waals surface area contributed by atoms with E-state index in [9.17, 15) is 62.4 Å². The monoisotopic (exact) mass is 608 g/mol. The molecule has 0 spiro atoms. The first kappa shape index (κ1) is 30.9. The van der Waals surface area contributed by atoms with Crippen LogP contribution < -0.4 is 4.74 Å². The number of esters is 1. The van der Waals surface area contributed by atoms with E-state index in [4.69, 9.17) is 0 Å². The van der Waals surface area contributed by atoms with Gasteiger partial charge in [0.1, 0.15) is 23.9 Å². The molecular weight excluding hydrogens is 596 g/mol. The van der Waals surface area contributed by atoms with Gasteiger partial charge in [0.25, 0.3) is 10.2 Å². The summed E-state index contributed by atoms with van der Waals surface area (Å²) in [6.45, 7) is -3.74. The summed E-state index contributed by atoms with van der Waals surface area (Å²) in [5.41, 5.74) is -2.52. The third-order valence-corrected chi connectivity index (χ3v) is 5.30. The second-order valence-corrected chi connectivity index (χ2v) is 9.44. The standard InChI is InChI=1S/C16H12F8N2O12S/c17-16(18,19)13-11(4-8-3-10(1-2-12(8)38-13)39(20,21,22,23)24)14(27)33-7-34-15(28)37-9(5-35-25(29)30)6-36-26(31)32/h1-4,9,13H,5-7H2. The van der Waals surface area contributed by atoms with Crippen molar-refractivity contribution in [2.24, 2.45) is 0 Å². The lowest BCUT2D eigenvalue weighted by atomic mass is 10.0. The fraction of sp³-hybridized carbons (Fsp3) is 0.375. The van der Waals surface area contributed by atoms with Gasteiger partial charge in [0.15, 0.2) is 6.10 Å². The first-order valence-electron chi connectivity index (χ1n) is 9.45. The van der Waals surface area contributed by atoms with E-state index in [0.717, 1.165) is 0 Å². The molecule has 39 heavy (non-hydrogen) atoms. The molecule has 220 valence electrons. The molecule has 1 aromatic carbocycles. The summed E-state index contributed by atoms with van der Waals surface area (Å²) < 4.78 is 123. The first-order valence-corrected chi connectivity index (χ1v) is 11.4. The molecule has 0 saturated heterocycles. The highest BCUT2D eigenvalue weighted by Crippen LogP contribution is 3.02. The molecule has 1 aliphatic heterocycles. The summed E-state index contributed by atoms with van der Waals surface area (Å²) in [6.07, 6.45) is -12.1. The molecule has 0 bridgehead atoms. The number of halogens is 8. The number of alkyl halides is 3. The Kier molecular flexibility index (Phi) is 8.01. The topological polar surface area (TPSA) is 176 Å². The molecule has 1 atom stereocenters. The van der Waals surface area contributed by atoms with Gasteiger partial charge in [-0.15, -0.1) is 20.2 Å². The van der Waals surface area contributed by atoms with Crippen molar-refractivity contribution in [2.75, 3.05) is 20.0 Å². The first-order chi connectivity index (χ1) is 17.6. The third-order valence-electron chi connectivity index (χ3n) is 4.16. The maximum atomic E-state index is 13.4. The number of fused-ring (bicyclic) bond motifs is 1. The van der Waals surface area contributed by atoms with Crippen molar-refractivity contribution in [3.05, 3.63) is 49.6 Å². The van der Waals surface area contributed by atoms with Gasteiger partial charge in [0, 0.05) is 5.56 Å². The molecule has 1 unspecified atom stereocenters. The van der Waals surface area contributed by atoms with Crippen LogP contribution in [0.15, 0.2) is 28.7 Å². The van der Waals surface area contributed by atoms with Gasteiger partial charge >= 0.3 is 28.5 Å². The van der Waals surface area contributed by atoms with Crippen LogP contribution in [0.2, 0.25) is 0 Å². The van der Waals surface area contributed by atoms with Crippen LogP contribution in [0.1, 0.15) is 5.56 Å². The van der Waals surface area contributed by atoms with Gasteiger partial charge in [-0.25, -0.2) is 9.59 Å². The van der Waals surface area contributed by atoms with Crippen molar-refractivity contribution in [1.82, 2.24) is 0 Å². The molecular formula is C16H12F8N2O12S. The zero-order valence-electron chi connectivity index (χ0n) is 18.3. The molecule has 1 aromatic rings. The Hall–Kier alpha value is -4.31. The number of benzene rings is 1. The average molecular weight is 608 g/mol. The van der Waals surface area contributed by atoms with Crippen LogP contribution in [0.4, 0.5) is 37.4 Å². The number of hydrogen-bond acceptors (Lipinski definition) is 12. The van der Waals surface area contributed by atoms with Gasteiger partial charge in [0.05, 0.1) is 5.57 Å². The van der Waals surface area contributed by atoms with E-state index in [-0.39, 0.29) is 24.3 Å². The summed E-state index contributed by atoms with van der Waals surface area (Å²) in [4.78, 5) is 49.3. The lowest BCUT2D eigenvalue weighted by Crippen LogP contribution is -2.41. The number of carbonyl (C=O) groups excluding carboxylic acids is 2. The Morgan fingerprint density at radius 1 is 1.00 bits per heavy atom. The van der Waals surface area contributed by atoms with Crippen molar-refractivity contribution < 1.29 is 81.0 Å². The normalized spacial score (nSPS) is 16.8.